The van der Waals surface area contributed by atoms with E-state index in [9.17, 15) is 0 Å². The van der Waals surface area contributed by atoms with Crippen molar-refractivity contribution in [2.24, 2.45) is 17.6 Å². The summed E-state index contributed by atoms with van der Waals surface area (Å²) in [6.07, 6.45) is 6.57. The third-order valence-electron chi connectivity index (χ3n) is 3.43. The molecule has 0 saturated heterocycles. The summed E-state index contributed by atoms with van der Waals surface area (Å²) in [5.74, 6) is 1.65. The minimum Gasteiger partial charge on any atom is -0.330 e. The zero-order valence-electron chi connectivity index (χ0n) is 12.5. The molecule has 1 unspecified atom stereocenters. The largest absolute Gasteiger partial charge is 0.330 e. The molecule has 0 aromatic rings. The first-order valence-electron chi connectivity index (χ1n) is 7.56. The van der Waals surface area contributed by atoms with E-state index in [1.165, 1.54) is 51.7 Å². The molecule has 0 heterocycles. The normalized spacial score (nSPS) is 13.6. The minimum absolute atomic E-state index is 0.783. The van der Waals surface area contributed by atoms with Crippen molar-refractivity contribution in [1.29, 1.82) is 0 Å². The lowest BCUT2D eigenvalue weighted by atomic mass is 9.94. The highest BCUT2D eigenvalue weighted by Gasteiger charge is 2.09. The van der Waals surface area contributed by atoms with Crippen molar-refractivity contribution in [3.8, 4) is 0 Å². The molecule has 0 rings (SSSR count). The van der Waals surface area contributed by atoms with Gasteiger partial charge in [0.05, 0.1) is 0 Å². The zero-order chi connectivity index (χ0) is 13.1. The lowest BCUT2D eigenvalue weighted by Gasteiger charge is -2.23. The Morgan fingerprint density at radius 1 is 1.06 bits per heavy atom. The molecule has 1 atom stereocenters. The zero-order valence-corrected chi connectivity index (χ0v) is 12.5. The number of hydrogen-bond donors (Lipinski definition) is 1. The Kier molecular flexibility index (Phi) is 11.0. The van der Waals surface area contributed by atoms with Crippen LogP contribution in [0.1, 0.15) is 59.8 Å². The van der Waals surface area contributed by atoms with E-state index in [0.717, 1.165) is 18.4 Å². The monoisotopic (exact) mass is 242 g/mol. The van der Waals surface area contributed by atoms with Crippen molar-refractivity contribution in [3.63, 3.8) is 0 Å². The predicted octanol–water partition coefficient (Wildman–Crippen LogP) is 3.51. The Balaban J connectivity index is 3.75. The van der Waals surface area contributed by atoms with E-state index >= 15 is 0 Å². The highest BCUT2D eigenvalue weighted by Crippen LogP contribution is 2.17. The fourth-order valence-electron chi connectivity index (χ4n) is 2.58. The van der Waals surface area contributed by atoms with Crippen LogP contribution in [0.5, 0.6) is 0 Å². The second-order valence-corrected chi connectivity index (χ2v) is 5.66. The van der Waals surface area contributed by atoms with Gasteiger partial charge in [-0.15, -0.1) is 0 Å². The standard InChI is InChI=1S/C15H34N2/c1-5-8-15(10-11-16)9-7-12-17(6-2)13-14(3)4/h14-15H,5-13,16H2,1-4H3. The van der Waals surface area contributed by atoms with Crippen LogP contribution in [0.25, 0.3) is 0 Å². The van der Waals surface area contributed by atoms with Gasteiger partial charge in [-0.25, -0.2) is 0 Å². The Morgan fingerprint density at radius 3 is 2.24 bits per heavy atom. The van der Waals surface area contributed by atoms with Crippen molar-refractivity contribution in [2.45, 2.75) is 59.8 Å². The minimum atomic E-state index is 0.783. The molecule has 2 N–H and O–H groups in total. The number of hydrogen-bond acceptors (Lipinski definition) is 2. The maximum atomic E-state index is 5.67. The molecule has 0 saturated carbocycles. The molecule has 0 aromatic carbocycles. The molecule has 0 aliphatic carbocycles. The molecular weight excluding hydrogens is 208 g/mol. The van der Waals surface area contributed by atoms with Crippen LogP contribution >= 0.6 is 0 Å². The highest BCUT2D eigenvalue weighted by atomic mass is 15.1. The summed E-state index contributed by atoms with van der Waals surface area (Å²) < 4.78 is 0. The van der Waals surface area contributed by atoms with Gasteiger partial charge in [-0.1, -0.05) is 40.5 Å². The molecule has 0 bridgehead atoms. The first-order valence-corrected chi connectivity index (χ1v) is 7.56. The Bertz CT molecular complexity index is 149. The molecule has 0 amide bonds. The van der Waals surface area contributed by atoms with Crippen LogP contribution in [-0.4, -0.2) is 31.1 Å². The second-order valence-electron chi connectivity index (χ2n) is 5.66. The van der Waals surface area contributed by atoms with Gasteiger partial charge in [-0.3, -0.25) is 0 Å². The second kappa shape index (κ2) is 11.0. The molecule has 2 nitrogen and oxygen atoms in total. The number of nitrogens with zero attached hydrogens (tertiary/aromatic N) is 1. The summed E-state index contributed by atoms with van der Waals surface area (Å²) in [6.45, 7) is 13.7. The van der Waals surface area contributed by atoms with E-state index in [2.05, 4.69) is 32.6 Å². The van der Waals surface area contributed by atoms with Crippen LogP contribution < -0.4 is 5.73 Å². The van der Waals surface area contributed by atoms with Gasteiger partial charge in [-0.05, 0) is 50.7 Å². The van der Waals surface area contributed by atoms with E-state index in [1.807, 2.05) is 0 Å². The number of nitrogens with two attached hydrogens (primary N) is 1. The fourth-order valence-corrected chi connectivity index (χ4v) is 2.58. The van der Waals surface area contributed by atoms with E-state index in [1.54, 1.807) is 0 Å². The Hall–Kier alpha value is -0.0800. The van der Waals surface area contributed by atoms with Gasteiger partial charge in [0.1, 0.15) is 0 Å². The van der Waals surface area contributed by atoms with E-state index in [4.69, 9.17) is 5.73 Å². The molecule has 0 aliphatic heterocycles. The summed E-state index contributed by atoms with van der Waals surface area (Å²) in [5.41, 5.74) is 5.67. The van der Waals surface area contributed by atoms with Crippen LogP contribution in [0.4, 0.5) is 0 Å². The average Bonchev–Trinajstić information content (AvgIpc) is 2.27. The first kappa shape index (κ1) is 16.9. The lowest BCUT2D eigenvalue weighted by Crippen LogP contribution is -2.29. The van der Waals surface area contributed by atoms with Gasteiger partial charge in [0.2, 0.25) is 0 Å². The Morgan fingerprint density at radius 2 is 1.76 bits per heavy atom. The maximum absolute atomic E-state index is 5.67. The molecule has 0 aliphatic rings. The van der Waals surface area contributed by atoms with Crippen LogP contribution in [-0.2, 0) is 0 Å². The summed E-state index contributed by atoms with van der Waals surface area (Å²) in [5, 5.41) is 0. The summed E-state index contributed by atoms with van der Waals surface area (Å²) >= 11 is 0. The van der Waals surface area contributed by atoms with Crippen LogP contribution in [0.15, 0.2) is 0 Å². The molecule has 17 heavy (non-hydrogen) atoms. The van der Waals surface area contributed by atoms with Crippen molar-refractivity contribution >= 4 is 0 Å². The summed E-state index contributed by atoms with van der Waals surface area (Å²) in [6, 6.07) is 0. The molecule has 104 valence electrons. The molecule has 0 fully saturated rings. The van der Waals surface area contributed by atoms with E-state index < -0.39 is 0 Å². The Labute approximate surface area is 109 Å². The van der Waals surface area contributed by atoms with Gasteiger partial charge in [0, 0.05) is 6.54 Å². The molecule has 0 aromatic heterocycles. The van der Waals surface area contributed by atoms with Crippen molar-refractivity contribution in [3.05, 3.63) is 0 Å². The van der Waals surface area contributed by atoms with Crippen molar-refractivity contribution in [1.82, 2.24) is 4.90 Å². The summed E-state index contributed by atoms with van der Waals surface area (Å²) in [7, 11) is 0. The van der Waals surface area contributed by atoms with Crippen LogP contribution in [0.2, 0.25) is 0 Å². The quantitative estimate of drug-likeness (QED) is 0.601. The SMILES string of the molecule is CCCC(CCN)CCCN(CC)CC(C)C. The van der Waals surface area contributed by atoms with Gasteiger partial charge >= 0.3 is 0 Å². The number of rotatable bonds is 11. The average molecular weight is 242 g/mol. The van der Waals surface area contributed by atoms with Gasteiger partial charge in [-0.2, -0.15) is 0 Å². The van der Waals surface area contributed by atoms with Crippen LogP contribution in [0, 0.1) is 11.8 Å². The van der Waals surface area contributed by atoms with E-state index in [0.29, 0.717) is 0 Å². The van der Waals surface area contributed by atoms with Gasteiger partial charge in [0.25, 0.3) is 0 Å². The maximum Gasteiger partial charge on any atom is 0.000427 e. The van der Waals surface area contributed by atoms with Crippen molar-refractivity contribution in [2.75, 3.05) is 26.2 Å². The van der Waals surface area contributed by atoms with E-state index in [-0.39, 0.29) is 0 Å². The van der Waals surface area contributed by atoms with Crippen molar-refractivity contribution < 1.29 is 0 Å². The molecule has 0 spiro atoms. The predicted molar refractivity (Wildman–Crippen MR) is 78.3 cm³/mol. The molecule has 2 heteroatoms. The van der Waals surface area contributed by atoms with Gasteiger partial charge < -0.3 is 10.6 Å². The third kappa shape index (κ3) is 9.61. The lowest BCUT2D eigenvalue weighted by molar-refractivity contribution is 0.242. The van der Waals surface area contributed by atoms with Crippen LogP contribution in [0.3, 0.4) is 0 Å². The van der Waals surface area contributed by atoms with Gasteiger partial charge in [0.15, 0.2) is 0 Å². The smallest absolute Gasteiger partial charge is 0.000427 e. The molecular formula is C15H34N2. The first-order chi connectivity index (χ1) is 8.13. The topological polar surface area (TPSA) is 29.3 Å². The third-order valence-corrected chi connectivity index (χ3v) is 3.43. The molecule has 0 radical (unpaired) electrons. The highest BCUT2D eigenvalue weighted by molar-refractivity contribution is 4.63. The summed E-state index contributed by atoms with van der Waals surface area (Å²) in [4.78, 5) is 2.58. The fraction of sp³-hybridized carbons (Fsp3) is 1.00.